The molecule has 0 spiro atoms. The molecule has 0 aliphatic rings. The summed E-state index contributed by atoms with van der Waals surface area (Å²) in [6.07, 6.45) is 2.09. The first kappa shape index (κ1) is 24.6. The van der Waals surface area contributed by atoms with Gasteiger partial charge in [-0.15, -0.1) is 0 Å². The first-order valence-electron chi connectivity index (χ1n) is 10.3. The standard InChI is InChI=1S/C22H45NSi2/c1-14-22(24(16(2)3,17(4)5)18(6)7)15-23-25(19(8)9,20(10)11)21(12)13/h14,16-21H,1H2,2-13H3/i1+1. The quantitative estimate of drug-likeness (QED) is 0.165. The van der Waals surface area contributed by atoms with Crippen LogP contribution in [0.15, 0.2) is 22.5 Å². The Morgan fingerprint density at radius 2 is 1.00 bits per heavy atom. The van der Waals surface area contributed by atoms with Crippen LogP contribution in [0.1, 0.15) is 83.1 Å². The van der Waals surface area contributed by atoms with Gasteiger partial charge in [-0.25, -0.2) is 0 Å². The molecule has 0 amide bonds. The highest BCUT2D eigenvalue weighted by Gasteiger charge is 2.47. The predicted molar refractivity (Wildman–Crippen MR) is 123 cm³/mol. The van der Waals surface area contributed by atoms with Crippen LogP contribution in [0.5, 0.6) is 0 Å². The Hall–Kier alpha value is -0.376. The molecule has 0 aromatic rings. The maximum Gasteiger partial charge on any atom is 0.201 e. The fourth-order valence-electron chi connectivity index (χ4n) is 5.80. The van der Waals surface area contributed by atoms with Crippen LogP contribution in [-0.4, -0.2) is 22.2 Å². The lowest BCUT2D eigenvalue weighted by Crippen LogP contribution is -2.47. The molecule has 25 heavy (non-hydrogen) atoms. The Kier molecular flexibility index (Phi) is 9.38. The minimum atomic E-state index is -1.82. The third-order valence-electron chi connectivity index (χ3n) is 6.68. The third-order valence-corrected chi connectivity index (χ3v) is 19.7. The molecule has 0 heterocycles. The van der Waals surface area contributed by atoms with Gasteiger partial charge >= 0.3 is 0 Å². The Labute approximate surface area is 161 Å². The molecule has 0 rings (SSSR count). The first-order chi connectivity index (χ1) is 11.3. The van der Waals surface area contributed by atoms with E-state index in [0.29, 0.717) is 33.2 Å². The molecule has 1 nitrogen and oxygen atoms in total. The van der Waals surface area contributed by atoms with E-state index < -0.39 is 16.3 Å². The summed E-state index contributed by atoms with van der Waals surface area (Å²) in [5.41, 5.74) is 3.86. The van der Waals surface area contributed by atoms with Crippen LogP contribution >= 0.6 is 0 Å². The maximum absolute atomic E-state index is 5.35. The van der Waals surface area contributed by atoms with Gasteiger partial charge in [0.25, 0.3) is 0 Å². The van der Waals surface area contributed by atoms with E-state index in [1.54, 1.807) is 0 Å². The molecule has 0 bridgehead atoms. The van der Waals surface area contributed by atoms with Crippen molar-refractivity contribution < 1.29 is 0 Å². The van der Waals surface area contributed by atoms with Gasteiger partial charge in [0.15, 0.2) is 0 Å². The number of rotatable bonds is 9. The zero-order chi connectivity index (χ0) is 20.2. The van der Waals surface area contributed by atoms with Gasteiger partial charge in [0.05, 0.1) is 0 Å². The summed E-state index contributed by atoms with van der Waals surface area (Å²) in [6.45, 7) is 32.8. The van der Waals surface area contributed by atoms with Gasteiger partial charge in [0.2, 0.25) is 8.24 Å². The molecule has 0 saturated heterocycles. The van der Waals surface area contributed by atoms with Crippen LogP contribution in [0.25, 0.3) is 0 Å². The SMILES string of the molecule is CC(C)[Si](N=C=C(C=[13CH2])[Si](C(C)C)(C(C)C)C(C)C)(C(C)C)C(C)C. The first-order valence-corrected chi connectivity index (χ1v) is 14.7. The zero-order valence-corrected chi connectivity index (χ0v) is 21.2. The van der Waals surface area contributed by atoms with E-state index in [1.165, 1.54) is 5.20 Å². The monoisotopic (exact) mass is 380 g/mol. The molecule has 0 fully saturated rings. The Balaban J connectivity index is 6.75. The van der Waals surface area contributed by atoms with Crippen LogP contribution in [0, 0.1) is 0 Å². The molecule has 0 saturated carbocycles. The van der Waals surface area contributed by atoms with E-state index in [9.17, 15) is 0 Å². The normalized spacial score (nSPS) is 13.4. The lowest BCUT2D eigenvalue weighted by atomic mass is 10.5. The zero-order valence-electron chi connectivity index (χ0n) is 19.2. The molecule has 0 aliphatic carbocycles. The molecular weight excluding hydrogens is 335 g/mol. The van der Waals surface area contributed by atoms with E-state index in [-0.39, 0.29) is 0 Å². The highest BCUT2D eigenvalue weighted by molar-refractivity contribution is 6.92. The number of hydrogen-bond donors (Lipinski definition) is 0. The molecule has 0 aliphatic heterocycles. The Bertz CT molecular complexity index is 449. The van der Waals surface area contributed by atoms with Crippen molar-refractivity contribution in [2.24, 2.45) is 4.66 Å². The van der Waals surface area contributed by atoms with Crippen molar-refractivity contribution in [1.29, 1.82) is 0 Å². The summed E-state index contributed by atoms with van der Waals surface area (Å²) in [4.78, 5) is 0. The topological polar surface area (TPSA) is 12.4 Å². The summed E-state index contributed by atoms with van der Waals surface area (Å²) >= 11 is 0. The average molecular weight is 381 g/mol. The highest BCUT2D eigenvalue weighted by Crippen LogP contribution is 2.46. The van der Waals surface area contributed by atoms with E-state index in [2.05, 4.69) is 102 Å². The van der Waals surface area contributed by atoms with Crippen LogP contribution in [0.2, 0.25) is 33.2 Å². The second-order valence-corrected chi connectivity index (χ2v) is 20.9. The lowest BCUT2D eigenvalue weighted by Gasteiger charge is -2.43. The number of hydrogen-bond acceptors (Lipinski definition) is 1. The van der Waals surface area contributed by atoms with Crippen LogP contribution in [-0.2, 0) is 0 Å². The van der Waals surface area contributed by atoms with Crippen molar-refractivity contribution in [3.8, 4) is 0 Å². The van der Waals surface area contributed by atoms with E-state index in [4.69, 9.17) is 4.66 Å². The Morgan fingerprint density at radius 1 is 0.680 bits per heavy atom. The number of allylic oxidation sites excluding steroid dienone is 2. The molecule has 0 N–H and O–H groups in total. The smallest absolute Gasteiger partial charge is 0.201 e. The van der Waals surface area contributed by atoms with Crippen molar-refractivity contribution in [2.75, 3.05) is 0 Å². The summed E-state index contributed by atoms with van der Waals surface area (Å²) in [6, 6.07) is 0. The van der Waals surface area contributed by atoms with Gasteiger partial charge in [-0.1, -0.05) is 95.7 Å². The molecular formula is C22H45NSi2. The van der Waals surface area contributed by atoms with Gasteiger partial charge in [0.1, 0.15) is 8.07 Å². The fraction of sp³-hybridized carbons (Fsp3) is 0.818. The van der Waals surface area contributed by atoms with Crippen molar-refractivity contribution >= 4 is 22.2 Å². The average Bonchev–Trinajstić information content (AvgIpc) is 2.43. The van der Waals surface area contributed by atoms with E-state index in [1.807, 2.05) is 0 Å². The molecule has 146 valence electrons. The third kappa shape index (κ3) is 4.49. The second-order valence-electron chi connectivity index (χ2n) is 9.59. The lowest BCUT2D eigenvalue weighted by molar-refractivity contribution is 0.811. The van der Waals surface area contributed by atoms with Gasteiger partial charge in [-0.2, -0.15) is 0 Å². The van der Waals surface area contributed by atoms with Crippen molar-refractivity contribution in [3.05, 3.63) is 17.9 Å². The largest absolute Gasteiger partial charge is 0.282 e. The second kappa shape index (κ2) is 9.53. The van der Waals surface area contributed by atoms with E-state index in [0.717, 1.165) is 0 Å². The minimum Gasteiger partial charge on any atom is -0.282 e. The van der Waals surface area contributed by atoms with Crippen molar-refractivity contribution in [2.45, 2.75) is 116 Å². The molecule has 0 aromatic heterocycles. The van der Waals surface area contributed by atoms with Crippen LogP contribution in [0.4, 0.5) is 0 Å². The van der Waals surface area contributed by atoms with Crippen molar-refractivity contribution in [1.82, 2.24) is 0 Å². The summed E-state index contributed by atoms with van der Waals surface area (Å²) in [7, 11) is -3.57. The van der Waals surface area contributed by atoms with E-state index >= 15 is 0 Å². The Morgan fingerprint density at radius 3 is 1.20 bits per heavy atom. The summed E-state index contributed by atoms with van der Waals surface area (Å²) < 4.78 is 5.35. The highest BCUT2D eigenvalue weighted by atomic mass is 28.3. The predicted octanol–water partition coefficient (Wildman–Crippen LogP) is 8.16. The fourth-order valence-corrected chi connectivity index (χ4v) is 17.5. The van der Waals surface area contributed by atoms with Gasteiger partial charge in [-0.05, 0) is 44.3 Å². The summed E-state index contributed by atoms with van der Waals surface area (Å²) in [5.74, 6) is 3.69. The van der Waals surface area contributed by atoms with Gasteiger partial charge in [0, 0.05) is 0 Å². The molecule has 0 atom stereocenters. The maximum atomic E-state index is 5.35. The molecule has 0 aromatic carbocycles. The minimum absolute atomic E-state index is 0.624. The van der Waals surface area contributed by atoms with Crippen molar-refractivity contribution in [3.63, 3.8) is 0 Å². The molecule has 0 unspecified atom stereocenters. The van der Waals surface area contributed by atoms with Crippen LogP contribution in [0.3, 0.4) is 0 Å². The van der Waals surface area contributed by atoms with Crippen LogP contribution < -0.4 is 0 Å². The van der Waals surface area contributed by atoms with Gasteiger partial charge < -0.3 is 0 Å². The van der Waals surface area contributed by atoms with Gasteiger partial charge in [-0.3, -0.25) is 4.66 Å². The summed E-state index contributed by atoms with van der Waals surface area (Å²) in [5, 5.41) is 1.35. The molecule has 0 radical (unpaired) electrons. The number of nitrogens with zero attached hydrogens (tertiary/aromatic N) is 1. The molecule has 3 heteroatoms.